The molecule has 0 aliphatic carbocycles. The third-order valence-corrected chi connectivity index (χ3v) is 4.61. The van der Waals surface area contributed by atoms with E-state index in [9.17, 15) is 0 Å². The molecule has 5 heteroatoms. The highest BCUT2D eigenvalue weighted by atomic mass is 79.9. The van der Waals surface area contributed by atoms with Gasteiger partial charge in [0, 0.05) is 53.2 Å². The second-order valence-corrected chi connectivity index (χ2v) is 5.91. The van der Waals surface area contributed by atoms with Gasteiger partial charge in [-0.1, -0.05) is 0 Å². The van der Waals surface area contributed by atoms with Crippen molar-refractivity contribution in [1.29, 1.82) is 0 Å². The van der Waals surface area contributed by atoms with E-state index in [2.05, 4.69) is 49.2 Å². The van der Waals surface area contributed by atoms with Crippen LogP contribution in [0.1, 0.15) is 23.7 Å². The normalized spacial score (nSPS) is 12.9. The molecule has 17 heavy (non-hydrogen) atoms. The minimum Gasteiger partial charge on any atom is -0.338 e. The van der Waals surface area contributed by atoms with Crippen molar-refractivity contribution in [3.05, 3.63) is 39.0 Å². The lowest BCUT2D eigenvalue weighted by molar-refractivity contribution is 0.572. The minimum atomic E-state index is 0.395. The van der Waals surface area contributed by atoms with Gasteiger partial charge >= 0.3 is 0 Å². The van der Waals surface area contributed by atoms with E-state index in [1.807, 2.05) is 19.4 Å². The van der Waals surface area contributed by atoms with Crippen LogP contribution in [-0.4, -0.2) is 16.1 Å². The molecule has 0 fully saturated rings. The van der Waals surface area contributed by atoms with Crippen LogP contribution in [0.2, 0.25) is 0 Å². The first-order valence-corrected chi connectivity index (χ1v) is 7.27. The van der Waals surface area contributed by atoms with Crippen LogP contribution in [-0.2, 0) is 13.5 Å². The van der Waals surface area contributed by atoms with Crippen molar-refractivity contribution in [2.75, 3.05) is 6.54 Å². The van der Waals surface area contributed by atoms with E-state index in [0.29, 0.717) is 6.04 Å². The number of hydrogen-bond acceptors (Lipinski definition) is 3. The smallest absolute Gasteiger partial charge is 0.109 e. The molecule has 92 valence electrons. The summed E-state index contributed by atoms with van der Waals surface area (Å²) in [7, 11) is 2.03. The Morgan fingerprint density at radius 3 is 3.00 bits per heavy atom. The number of aromatic nitrogens is 2. The molecule has 2 heterocycles. The summed E-state index contributed by atoms with van der Waals surface area (Å²) in [5.74, 6) is 1.12. The molecule has 0 saturated carbocycles. The second-order valence-electron chi connectivity index (χ2n) is 4.05. The van der Waals surface area contributed by atoms with Crippen molar-refractivity contribution in [1.82, 2.24) is 14.9 Å². The summed E-state index contributed by atoms with van der Waals surface area (Å²) >= 11 is 5.26. The predicted octanol–water partition coefficient (Wildman–Crippen LogP) is 3.14. The Morgan fingerprint density at radius 1 is 1.59 bits per heavy atom. The molecule has 1 unspecified atom stereocenters. The van der Waals surface area contributed by atoms with Crippen LogP contribution in [0.5, 0.6) is 0 Å². The summed E-state index contributed by atoms with van der Waals surface area (Å²) in [6, 6.07) is 2.56. The van der Waals surface area contributed by atoms with Crippen LogP contribution in [0.3, 0.4) is 0 Å². The Kier molecular flexibility index (Phi) is 4.36. The average molecular weight is 314 g/mol. The maximum Gasteiger partial charge on any atom is 0.109 e. The van der Waals surface area contributed by atoms with E-state index in [1.165, 1.54) is 4.88 Å². The fourth-order valence-corrected chi connectivity index (χ4v) is 3.17. The molecule has 2 rings (SSSR count). The predicted molar refractivity (Wildman–Crippen MR) is 75.3 cm³/mol. The van der Waals surface area contributed by atoms with Crippen LogP contribution < -0.4 is 5.32 Å². The summed E-state index contributed by atoms with van der Waals surface area (Å²) < 4.78 is 3.23. The van der Waals surface area contributed by atoms with E-state index >= 15 is 0 Å². The van der Waals surface area contributed by atoms with Crippen molar-refractivity contribution in [3.8, 4) is 0 Å². The lowest BCUT2D eigenvalue weighted by Gasteiger charge is -2.11. The molecule has 0 spiro atoms. The molecule has 0 aromatic carbocycles. The molecule has 0 bridgehead atoms. The Morgan fingerprint density at radius 2 is 2.41 bits per heavy atom. The second kappa shape index (κ2) is 5.80. The first kappa shape index (κ1) is 12.8. The van der Waals surface area contributed by atoms with E-state index in [0.717, 1.165) is 23.3 Å². The van der Waals surface area contributed by atoms with Gasteiger partial charge in [-0.25, -0.2) is 4.98 Å². The van der Waals surface area contributed by atoms with Crippen molar-refractivity contribution < 1.29 is 0 Å². The highest BCUT2D eigenvalue weighted by Crippen LogP contribution is 2.25. The third-order valence-electron chi connectivity index (χ3n) is 2.73. The van der Waals surface area contributed by atoms with Crippen molar-refractivity contribution in [2.24, 2.45) is 7.05 Å². The van der Waals surface area contributed by atoms with Gasteiger partial charge in [0.05, 0.1) is 0 Å². The lowest BCUT2D eigenvalue weighted by atomic mass is 10.2. The molecule has 2 aromatic heterocycles. The largest absolute Gasteiger partial charge is 0.338 e. The molecule has 0 saturated heterocycles. The minimum absolute atomic E-state index is 0.395. The number of rotatable bonds is 5. The number of hydrogen-bond donors (Lipinski definition) is 1. The molecule has 2 aromatic rings. The van der Waals surface area contributed by atoms with Gasteiger partial charge < -0.3 is 9.88 Å². The van der Waals surface area contributed by atoms with Gasteiger partial charge in [0.25, 0.3) is 0 Å². The number of aryl methyl sites for hydroxylation is 1. The van der Waals surface area contributed by atoms with Gasteiger partial charge in [-0.15, -0.1) is 11.3 Å². The highest BCUT2D eigenvalue weighted by Gasteiger charge is 2.07. The van der Waals surface area contributed by atoms with Gasteiger partial charge in [0.15, 0.2) is 0 Å². The molecular formula is C12H16BrN3S. The Balaban J connectivity index is 1.81. The summed E-state index contributed by atoms with van der Waals surface area (Å²) in [6.45, 7) is 3.14. The van der Waals surface area contributed by atoms with Crippen molar-refractivity contribution in [2.45, 2.75) is 19.4 Å². The topological polar surface area (TPSA) is 29.9 Å². The van der Waals surface area contributed by atoms with E-state index in [1.54, 1.807) is 11.3 Å². The van der Waals surface area contributed by atoms with Crippen LogP contribution in [0, 0.1) is 0 Å². The molecule has 0 radical (unpaired) electrons. The third kappa shape index (κ3) is 3.40. The Bertz CT molecular complexity index is 478. The maximum absolute atomic E-state index is 4.31. The van der Waals surface area contributed by atoms with Crippen LogP contribution >= 0.6 is 27.3 Å². The van der Waals surface area contributed by atoms with Crippen LogP contribution in [0.25, 0.3) is 0 Å². The van der Waals surface area contributed by atoms with Gasteiger partial charge in [-0.3, -0.25) is 0 Å². The van der Waals surface area contributed by atoms with Gasteiger partial charge in [0.2, 0.25) is 0 Å². The number of imidazole rings is 1. The maximum atomic E-state index is 4.31. The molecule has 1 N–H and O–H groups in total. The zero-order valence-corrected chi connectivity index (χ0v) is 12.4. The molecule has 0 aliphatic heterocycles. The number of nitrogens with one attached hydrogen (secondary N) is 1. The molecule has 0 aliphatic rings. The molecule has 3 nitrogen and oxygen atoms in total. The standard InChI is InChI=1S/C12H16BrN3S/c1-9(11-7-10(13)8-17-11)14-4-3-12-15-5-6-16(12)2/h5-9,14H,3-4H2,1-2H3. The van der Waals surface area contributed by atoms with Crippen LogP contribution in [0.4, 0.5) is 0 Å². The first-order valence-electron chi connectivity index (χ1n) is 5.60. The van der Waals surface area contributed by atoms with Crippen LogP contribution in [0.15, 0.2) is 28.3 Å². The average Bonchev–Trinajstić information content (AvgIpc) is 2.88. The van der Waals surface area contributed by atoms with E-state index in [4.69, 9.17) is 0 Å². The van der Waals surface area contributed by atoms with Crippen molar-refractivity contribution >= 4 is 27.3 Å². The quantitative estimate of drug-likeness (QED) is 0.919. The van der Waals surface area contributed by atoms with Crippen molar-refractivity contribution in [3.63, 3.8) is 0 Å². The number of halogens is 1. The number of nitrogens with zero attached hydrogens (tertiary/aromatic N) is 2. The Hall–Kier alpha value is -0.650. The fraction of sp³-hybridized carbons (Fsp3) is 0.417. The highest BCUT2D eigenvalue weighted by molar-refractivity contribution is 9.10. The SMILES string of the molecule is CC(NCCc1nccn1C)c1cc(Br)cs1. The first-order chi connectivity index (χ1) is 8.16. The van der Waals surface area contributed by atoms with Gasteiger partial charge in [-0.2, -0.15) is 0 Å². The monoisotopic (exact) mass is 313 g/mol. The molecular weight excluding hydrogens is 298 g/mol. The molecule has 1 atom stereocenters. The summed E-state index contributed by atoms with van der Waals surface area (Å²) in [4.78, 5) is 5.67. The van der Waals surface area contributed by atoms with E-state index < -0.39 is 0 Å². The summed E-state index contributed by atoms with van der Waals surface area (Å²) in [5, 5.41) is 5.63. The summed E-state index contributed by atoms with van der Waals surface area (Å²) in [5.41, 5.74) is 0. The van der Waals surface area contributed by atoms with E-state index in [-0.39, 0.29) is 0 Å². The number of thiophene rings is 1. The van der Waals surface area contributed by atoms with Gasteiger partial charge in [0.1, 0.15) is 5.82 Å². The zero-order chi connectivity index (χ0) is 12.3. The Labute approximate surface area is 114 Å². The van der Waals surface area contributed by atoms with Gasteiger partial charge in [-0.05, 0) is 28.9 Å². The summed E-state index contributed by atoms with van der Waals surface area (Å²) in [6.07, 6.45) is 4.78. The molecule has 0 amide bonds. The lowest BCUT2D eigenvalue weighted by Crippen LogP contribution is -2.21. The zero-order valence-electron chi connectivity index (χ0n) is 9.98. The fourth-order valence-electron chi connectivity index (χ4n) is 1.69.